The van der Waals surface area contributed by atoms with Crippen molar-refractivity contribution in [3.05, 3.63) is 77.7 Å². The molecule has 0 radical (unpaired) electrons. The van der Waals surface area contributed by atoms with Gasteiger partial charge in [0.25, 0.3) is 5.91 Å². The van der Waals surface area contributed by atoms with Crippen LogP contribution in [0.25, 0.3) is 11.1 Å². The van der Waals surface area contributed by atoms with E-state index in [1.165, 1.54) is 12.3 Å². The number of aliphatic carboxylic acids is 1. The number of hydrogen-bond donors (Lipinski definition) is 3. The molecular formula is C26H26N2O7. The molecule has 1 unspecified atom stereocenters. The minimum Gasteiger partial charge on any atom is -0.481 e. The van der Waals surface area contributed by atoms with Gasteiger partial charge in [0.2, 0.25) is 5.76 Å². The normalized spacial score (nSPS) is 12.9. The zero-order valence-corrected chi connectivity index (χ0v) is 19.2. The average Bonchev–Trinajstić information content (AvgIpc) is 3.43. The minimum absolute atomic E-state index is 0.0238. The summed E-state index contributed by atoms with van der Waals surface area (Å²) < 4.78 is 16.1. The number of nitrogens with one attached hydrogen (secondary N) is 2. The number of rotatable bonds is 10. The number of benzene rings is 2. The largest absolute Gasteiger partial charge is 0.481 e. The number of furan rings is 1. The van der Waals surface area contributed by atoms with Gasteiger partial charge in [-0.05, 0) is 29.2 Å². The molecule has 2 amide bonds. The third kappa shape index (κ3) is 5.52. The highest BCUT2D eigenvalue weighted by atomic mass is 16.5. The van der Waals surface area contributed by atoms with Crippen molar-refractivity contribution in [3.63, 3.8) is 0 Å². The van der Waals surface area contributed by atoms with Crippen LogP contribution in [0, 0.1) is 0 Å². The first kappa shape index (κ1) is 24.0. The highest BCUT2D eigenvalue weighted by Gasteiger charge is 2.29. The summed E-state index contributed by atoms with van der Waals surface area (Å²) in [4.78, 5) is 36.0. The maximum atomic E-state index is 12.5. The summed E-state index contributed by atoms with van der Waals surface area (Å²) in [5, 5.41) is 14.1. The van der Waals surface area contributed by atoms with E-state index in [0.717, 1.165) is 22.3 Å². The summed E-state index contributed by atoms with van der Waals surface area (Å²) in [7, 11) is 0. The molecule has 1 aliphatic rings. The number of ether oxygens (including phenoxy) is 2. The highest BCUT2D eigenvalue weighted by molar-refractivity contribution is 6.00. The summed E-state index contributed by atoms with van der Waals surface area (Å²) in [5.74, 6) is -1.86. The number of carboxylic acids is 1. The van der Waals surface area contributed by atoms with Gasteiger partial charge >= 0.3 is 12.1 Å². The number of carbonyl (C=O) groups excluding carboxylic acids is 2. The Morgan fingerprint density at radius 1 is 1.03 bits per heavy atom. The number of hydrogen-bond acceptors (Lipinski definition) is 6. The second-order valence-corrected chi connectivity index (χ2v) is 8.00. The Balaban J connectivity index is 1.36. The van der Waals surface area contributed by atoms with Crippen LogP contribution in [-0.2, 0) is 14.3 Å². The molecule has 3 aromatic rings. The predicted octanol–water partition coefficient (Wildman–Crippen LogP) is 4.25. The van der Waals surface area contributed by atoms with Crippen molar-refractivity contribution < 1.29 is 33.4 Å². The van der Waals surface area contributed by atoms with Gasteiger partial charge in [-0.2, -0.15) is 0 Å². The lowest BCUT2D eigenvalue weighted by atomic mass is 9.98. The minimum atomic E-state index is -1.03. The van der Waals surface area contributed by atoms with Crippen molar-refractivity contribution in [2.75, 3.05) is 25.1 Å². The Morgan fingerprint density at radius 3 is 2.31 bits per heavy atom. The van der Waals surface area contributed by atoms with E-state index < -0.39 is 24.1 Å². The lowest BCUT2D eigenvalue weighted by Gasteiger charge is -2.16. The molecule has 2 aromatic carbocycles. The lowest BCUT2D eigenvalue weighted by Crippen LogP contribution is -2.35. The van der Waals surface area contributed by atoms with E-state index in [4.69, 9.17) is 19.0 Å². The predicted molar refractivity (Wildman–Crippen MR) is 127 cm³/mol. The Hall–Kier alpha value is -4.11. The molecule has 9 nitrogen and oxygen atoms in total. The summed E-state index contributed by atoms with van der Waals surface area (Å²) >= 11 is 0. The SMILES string of the molecule is CCOC(CNC(=O)c1occc1NC(=O)OCC1c2ccccc2-c2ccccc21)CC(=O)O. The zero-order chi connectivity index (χ0) is 24.8. The molecule has 0 fully saturated rings. The molecule has 0 bridgehead atoms. The van der Waals surface area contributed by atoms with E-state index in [1.54, 1.807) is 6.92 Å². The summed E-state index contributed by atoms with van der Waals surface area (Å²) in [6, 6.07) is 17.5. The van der Waals surface area contributed by atoms with Gasteiger partial charge in [-0.3, -0.25) is 14.9 Å². The molecule has 0 aliphatic heterocycles. The number of anilines is 1. The first-order valence-corrected chi connectivity index (χ1v) is 11.3. The Bertz CT molecular complexity index is 1170. The molecule has 35 heavy (non-hydrogen) atoms. The van der Waals surface area contributed by atoms with Gasteiger partial charge in [-0.25, -0.2) is 4.79 Å². The number of carboxylic acid groups (broad SMARTS) is 1. The van der Waals surface area contributed by atoms with Crippen LogP contribution < -0.4 is 10.6 Å². The van der Waals surface area contributed by atoms with Crippen LogP contribution >= 0.6 is 0 Å². The van der Waals surface area contributed by atoms with E-state index in [1.807, 2.05) is 36.4 Å². The van der Waals surface area contributed by atoms with Gasteiger partial charge < -0.3 is 24.3 Å². The van der Waals surface area contributed by atoms with E-state index in [-0.39, 0.29) is 36.9 Å². The monoisotopic (exact) mass is 478 g/mol. The van der Waals surface area contributed by atoms with Crippen LogP contribution in [0.2, 0.25) is 0 Å². The van der Waals surface area contributed by atoms with Crippen LogP contribution in [0.4, 0.5) is 10.5 Å². The fourth-order valence-corrected chi connectivity index (χ4v) is 4.24. The third-order valence-electron chi connectivity index (χ3n) is 5.75. The van der Waals surface area contributed by atoms with Crippen LogP contribution in [-0.4, -0.2) is 48.9 Å². The van der Waals surface area contributed by atoms with Gasteiger partial charge in [-0.15, -0.1) is 0 Å². The topological polar surface area (TPSA) is 127 Å². The molecule has 0 saturated heterocycles. The maximum Gasteiger partial charge on any atom is 0.411 e. The Kier molecular flexibility index (Phi) is 7.47. The second-order valence-electron chi connectivity index (χ2n) is 8.00. The van der Waals surface area contributed by atoms with Crippen molar-refractivity contribution in [1.82, 2.24) is 5.32 Å². The van der Waals surface area contributed by atoms with Gasteiger partial charge in [0.15, 0.2) is 0 Å². The fourth-order valence-electron chi connectivity index (χ4n) is 4.24. The van der Waals surface area contributed by atoms with E-state index in [2.05, 4.69) is 22.8 Å². The van der Waals surface area contributed by atoms with Crippen molar-refractivity contribution in [2.24, 2.45) is 0 Å². The molecule has 1 aliphatic carbocycles. The first-order chi connectivity index (χ1) is 17.0. The van der Waals surface area contributed by atoms with Gasteiger partial charge in [0.1, 0.15) is 6.61 Å². The molecule has 182 valence electrons. The van der Waals surface area contributed by atoms with Crippen LogP contribution in [0.3, 0.4) is 0 Å². The zero-order valence-electron chi connectivity index (χ0n) is 19.2. The molecule has 0 spiro atoms. The maximum absolute atomic E-state index is 12.5. The lowest BCUT2D eigenvalue weighted by molar-refractivity contribution is -0.140. The van der Waals surface area contributed by atoms with Crippen LogP contribution in [0.15, 0.2) is 65.3 Å². The van der Waals surface area contributed by atoms with Crippen molar-refractivity contribution >= 4 is 23.7 Å². The summed E-state index contributed by atoms with van der Waals surface area (Å²) in [6.45, 7) is 2.15. The molecule has 9 heteroatoms. The standard InChI is InChI=1S/C26H26N2O7/c1-2-33-16(13-23(29)30)14-27-25(31)24-22(11-12-34-24)28-26(32)35-15-21-19-9-5-3-7-17(19)18-8-4-6-10-20(18)21/h3-12,16,21H,2,13-15H2,1H3,(H,27,31)(H,28,32)(H,29,30). The smallest absolute Gasteiger partial charge is 0.411 e. The molecule has 1 heterocycles. The number of fused-ring (bicyclic) bond motifs is 3. The van der Waals surface area contributed by atoms with Crippen LogP contribution in [0.1, 0.15) is 40.9 Å². The fraction of sp³-hybridized carbons (Fsp3) is 0.269. The first-order valence-electron chi connectivity index (χ1n) is 11.3. The number of carbonyl (C=O) groups is 3. The van der Waals surface area contributed by atoms with E-state index in [9.17, 15) is 14.4 Å². The molecule has 4 rings (SSSR count). The molecule has 1 aromatic heterocycles. The Morgan fingerprint density at radius 2 is 1.69 bits per heavy atom. The summed E-state index contributed by atoms with van der Waals surface area (Å²) in [5.41, 5.74) is 4.58. The van der Waals surface area contributed by atoms with Crippen molar-refractivity contribution in [3.8, 4) is 11.1 Å². The highest BCUT2D eigenvalue weighted by Crippen LogP contribution is 2.44. The second kappa shape index (κ2) is 10.9. The van der Waals surface area contributed by atoms with Crippen molar-refractivity contribution in [2.45, 2.75) is 25.4 Å². The van der Waals surface area contributed by atoms with Gasteiger partial charge in [0.05, 0.1) is 24.5 Å². The number of amides is 2. The van der Waals surface area contributed by atoms with Gasteiger partial charge in [-0.1, -0.05) is 48.5 Å². The van der Waals surface area contributed by atoms with E-state index >= 15 is 0 Å². The van der Waals surface area contributed by atoms with Crippen molar-refractivity contribution in [1.29, 1.82) is 0 Å². The Labute approximate surface area is 202 Å². The molecular weight excluding hydrogens is 452 g/mol. The third-order valence-corrected chi connectivity index (χ3v) is 5.75. The molecule has 1 atom stereocenters. The van der Waals surface area contributed by atoms with Crippen LogP contribution in [0.5, 0.6) is 0 Å². The summed E-state index contributed by atoms with van der Waals surface area (Å²) in [6.07, 6.45) is -0.391. The molecule has 0 saturated carbocycles. The van der Waals surface area contributed by atoms with E-state index in [0.29, 0.717) is 6.61 Å². The average molecular weight is 479 g/mol. The van der Waals surface area contributed by atoms with Gasteiger partial charge in [0, 0.05) is 25.1 Å². The quantitative estimate of drug-likeness (QED) is 0.397. The molecule has 3 N–H and O–H groups in total.